The van der Waals surface area contributed by atoms with Crippen molar-refractivity contribution in [1.29, 1.82) is 0 Å². The summed E-state index contributed by atoms with van der Waals surface area (Å²) in [4.78, 5) is 4.26. The number of aromatic nitrogens is 1. The van der Waals surface area contributed by atoms with Crippen LogP contribution in [0.4, 0.5) is 0 Å². The zero-order chi connectivity index (χ0) is 15.4. The molecule has 0 aliphatic heterocycles. The fourth-order valence-electron chi connectivity index (χ4n) is 3.42. The second kappa shape index (κ2) is 6.82. The zero-order valence-electron chi connectivity index (χ0n) is 13.3. The van der Waals surface area contributed by atoms with E-state index in [0.29, 0.717) is 5.92 Å². The van der Waals surface area contributed by atoms with E-state index in [9.17, 15) is 0 Å². The van der Waals surface area contributed by atoms with E-state index in [1.165, 1.54) is 42.4 Å². The number of aryl methyl sites for hydroxylation is 2. The van der Waals surface area contributed by atoms with Crippen molar-refractivity contribution in [3.63, 3.8) is 0 Å². The number of ether oxygens (including phenoxy) is 2. The fourth-order valence-corrected chi connectivity index (χ4v) is 3.42. The topological polar surface area (TPSA) is 31.4 Å². The Kier molecular flexibility index (Phi) is 4.62. The molecule has 1 atom stereocenters. The standard InChI is InChI=1S/C19H23NO2/c1-21-18-9-7-14(12-19(18)22-2)6-8-15-4-3-5-16-13-20-11-10-17(15)16/h7,9-13,15H,3-6,8H2,1-2H3. The van der Waals surface area contributed by atoms with Gasteiger partial charge < -0.3 is 9.47 Å². The van der Waals surface area contributed by atoms with E-state index >= 15 is 0 Å². The van der Waals surface area contributed by atoms with Gasteiger partial charge in [0, 0.05) is 12.4 Å². The SMILES string of the molecule is COc1ccc(CCC2CCCc3cnccc32)cc1OC. The van der Waals surface area contributed by atoms with Crippen molar-refractivity contribution in [2.24, 2.45) is 0 Å². The maximum Gasteiger partial charge on any atom is 0.160 e. The summed E-state index contributed by atoms with van der Waals surface area (Å²) in [5.41, 5.74) is 4.24. The van der Waals surface area contributed by atoms with Gasteiger partial charge in [-0.25, -0.2) is 0 Å². The molecule has 3 heteroatoms. The first-order valence-corrected chi connectivity index (χ1v) is 7.95. The van der Waals surface area contributed by atoms with Crippen LogP contribution in [-0.4, -0.2) is 19.2 Å². The van der Waals surface area contributed by atoms with Crippen LogP contribution in [0.25, 0.3) is 0 Å². The van der Waals surface area contributed by atoms with Gasteiger partial charge in [0.2, 0.25) is 0 Å². The second-order valence-electron chi connectivity index (χ2n) is 5.89. The second-order valence-corrected chi connectivity index (χ2v) is 5.89. The molecule has 22 heavy (non-hydrogen) atoms. The highest BCUT2D eigenvalue weighted by Gasteiger charge is 2.20. The van der Waals surface area contributed by atoms with E-state index in [0.717, 1.165) is 17.9 Å². The lowest BCUT2D eigenvalue weighted by molar-refractivity contribution is 0.354. The monoisotopic (exact) mass is 297 g/mol. The van der Waals surface area contributed by atoms with Crippen molar-refractivity contribution in [2.75, 3.05) is 14.2 Å². The molecule has 0 N–H and O–H groups in total. The first-order chi connectivity index (χ1) is 10.8. The summed E-state index contributed by atoms with van der Waals surface area (Å²) in [5.74, 6) is 2.26. The number of benzene rings is 1. The third-order valence-corrected chi connectivity index (χ3v) is 4.61. The molecule has 0 amide bonds. The maximum absolute atomic E-state index is 5.39. The third kappa shape index (κ3) is 3.08. The van der Waals surface area contributed by atoms with Crippen molar-refractivity contribution >= 4 is 0 Å². The largest absolute Gasteiger partial charge is 0.493 e. The van der Waals surface area contributed by atoms with Gasteiger partial charge in [-0.3, -0.25) is 4.98 Å². The molecule has 1 heterocycles. The Balaban J connectivity index is 1.71. The Morgan fingerprint density at radius 3 is 2.82 bits per heavy atom. The molecule has 0 fully saturated rings. The number of rotatable bonds is 5. The minimum absolute atomic E-state index is 0.653. The Labute approximate surface area is 132 Å². The van der Waals surface area contributed by atoms with Gasteiger partial charge in [-0.1, -0.05) is 6.07 Å². The quantitative estimate of drug-likeness (QED) is 0.830. The molecule has 116 valence electrons. The van der Waals surface area contributed by atoms with Crippen LogP contribution >= 0.6 is 0 Å². The van der Waals surface area contributed by atoms with Gasteiger partial charge in [-0.05, 0) is 72.9 Å². The van der Waals surface area contributed by atoms with Gasteiger partial charge in [0.15, 0.2) is 11.5 Å². The molecule has 0 radical (unpaired) electrons. The molecular weight excluding hydrogens is 274 g/mol. The summed E-state index contributed by atoms with van der Waals surface area (Å²) >= 11 is 0. The van der Waals surface area contributed by atoms with Crippen molar-refractivity contribution in [3.8, 4) is 11.5 Å². The molecule has 2 aromatic rings. The first-order valence-electron chi connectivity index (χ1n) is 7.95. The lowest BCUT2D eigenvalue weighted by atomic mass is 9.81. The average Bonchev–Trinajstić information content (AvgIpc) is 2.59. The van der Waals surface area contributed by atoms with Crippen LogP contribution in [0.15, 0.2) is 36.7 Å². The summed E-state index contributed by atoms with van der Waals surface area (Å²) in [5, 5.41) is 0. The lowest BCUT2D eigenvalue weighted by Gasteiger charge is -2.25. The Hall–Kier alpha value is -2.03. The zero-order valence-corrected chi connectivity index (χ0v) is 13.3. The molecule has 1 aromatic carbocycles. The molecule has 1 aliphatic rings. The number of nitrogens with zero attached hydrogens (tertiary/aromatic N) is 1. The van der Waals surface area contributed by atoms with Crippen LogP contribution in [-0.2, 0) is 12.8 Å². The fraction of sp³-hybridized carbons (Fsp3) is 0.421. The van der Waals surface area contributed by atoms with E-state index in [-0.39, 0.29) is 0 Å². The molecule has 0 spiro atoms. The lowest BCUT2D eigenvalue weighted by Crippen LogP contribution is -2.11. The highest BCUT2D eigenvalue weighted by molar-refractivity contribution is 5.43. The van der Waals surface area contributed by atoms with E-state index in [1.807, 2.05) is 18.5 Å². The number of hydrogen-bond donors (Lipinski definition) is 0. The number of hydrogen-bond acceptors (Lipinski definition) is 3. The maximum atomic E-state index is 5.39. The number of pyridine rings is 1. The molecule has 0 saturated carbocycles. The average molecular weight is 297 g/mol. The molecule has 1 aromatic heterocycles. The van der Waals surface area contributed by atoms with E-state index in [2.05, 4.69) is 23.2 Å². The minimum Gasteiger partial charge on any atom is -0.493 e. The molecule has 1 unspecified atom stereocenters. The van der Waals surface area contributed by atoms with Gasteiger partial charge in [0.1, 0.15) is 0 Å². The molecule has 1 aliphatic carbocycles. The highest BCUT2D eigenvalue weighted by atomic mass is 16.5. The van der Waals surface area contributed by atoms with Crippen LogP contribution in [0, 0.1) is 0 Å². The Morgan fingerprint density at radius 1 is 1.14 bits per heavy atom. The minimum atomic E-state index is 0.653. The summed E-state index contributed by atoms with van der Waals surface area (Å²) in [6.07, 6.45) is 9.93. The van der Waals surface area contributed by atoms with E-state index in [4.69, 9.17) is 9.47 Å². The molecule has 3 nitrogen and oxygen atoms in total. The number of methoxy groups -OCH3 is 2. The summed E-state index contributed by atoms with van der Waals surface area (Å²) in [7, 11) is 3.36. The van der Waals surface area contributed by atoms with Crippen molar-refractivity contribution < 1.29 is 9.47 Å². The Morgan fingerprint density at radius 2 is 2.00 bits per heavy atom. The molecule has 0 saturated heterocycles. The summed E-state index contributed by atoms with van der Waals surface area (Å²) in [6.45, 7) is 0. The van der Waals surface area contributed by atoms with E-state index in [1.54, 1.807) is 14.2 Å². The van der Waals surface area contributed by atoms with Gasteiger partial charge in [0.25, 0.3) is 0 Å². The van der Waals surface area contributed by atoms with Gasteiger partial charge in [-0.2, -0.15) is 0 Å². The first kappa shape index (κ1) is 14.9. The molecular formula is C19H23NO2. The van der Waals surface area contributed by atoms with Crippen LogP contribution in [0.2, 0.25) is 0 Å². The van der Waals surface area contributed by atoms with Crippen molar-refractivity contribution in [1.82, 2.24) is 4.98 Å². The van der Waals surface area contributed by atoms with Crippen LogP contribution in [0.3, 0.4) is 0 Å². The van der Waals surface area contributed by atoms with Crippen LogP contribution in [0.5, 0.6) is 11.5 Å². The van der Waals surface area contributed by atoms with Crippen LogP contribution in [0.1, 0.15) is 41.9 Å². The molecule has 0 bridgehead atoms. The van der Waals surface area contributed by atoms with Gasteiger partial charge in [-0.15, -0.1) is 0 Å². The smallest absolute Gasteiger partial charge is 0.160 e. The third-order valence-electron chi connectivity index (χ3n) is 4.61. The Bertz CT molecular complexity index is 639. The van der Waals surface area contributed by atoms with Crippen LogP contribution < -0.4 is 9.47 Å². The predicted octanol–water partition coefficient (Wildman–Crippen LogP) is 4.15. The van der Waals surface area contributed by atoms with Gasteiger partial charge >= 0.3 is 0 Å². The summed E-state index contributed by atoms with van der Waals surface area (Å²) < 4.78 is 10.7. The highest BCUT2D eigenvalue weighted by Crippen LogP contribution is 2.35. The molecule has 3 rings (SSSR count). The van der Waals surface area contributed by atoms with Crippen molar-refractivity contribution in [2.45, 2.75) is 38.0 Å². The van der Waals surface area contributed by atoms with Crippen molar-refractivity contribution in [3.05, 3.63) is 53.3 Å². The van der Waals surface area contributed by atoms with E-state index < -0.39 is 0 Å². The normalized spacial score (nSPS) is 16.9. The summed E-state index contributed by atoms with van der Waals surface area (Å²) in [6, 6.07) is 8.42. The predicted molar refractivity (Wildman–Crippen MR) is 87.8 cm³/mol. The number of fused-ring (bicyclic) bond motifs is 1. The van der Waals surface area contributed by atoms with Gasteiger partial charge in [0.05, 0.1) is 14.2 Å².